The maximum atomic E-state index is 12.0. The molecule has 0 aliphatic carbocycles. The summed E-state index contributed by atoms with van der Waals surface area (Å²) in [5, 5.41) is 1.04. The number of aromatic nitrogens is 1. The molecule has 4 heteroatoms. The third kappa shape index (κ3) is 2.06. The van der Waals surface area contributed by atoms with Gasteiger partial charge in [0.15, 0.2) is 0 Å². The topological polar surface area (TPSA) is 33.2 Å². The lowest BCUT2D eigenvalue weighted by Crippen LogP contribution is -2.29. The minimum Gasteiger partial charge on any atom is -0.302 e. The number of hydrogen-bond donors (Lipinski definition) is 0. The lowest BCUT2D eigenvalue weighted by Gasteiger charge is -2.22. The summed E-state index contributed by atoms with van der Waals surface area (Å²) in [7, 11) is 0. The van der Waals surface area contributed by atoms with Crippen molar-refractivity contribution in [3.63, 3.8) is 0 Å². The Hall–Kier alpha value is -1.68. The first kappa shape index (κ1) is 12.4. The summed E-state index contributed by atoms with van der Waals surface area (Å²) in [6.45, 7) is 3.76. The van der Waals surface area contributed by atoms with E-state index in [0.29, 0.717) is 0 Å². The molecule has 1 amide bonds. The quantitative estimate of drug-likeness (QED) is 0.840. The van der Waals surface area contributed by atoms with Crippen LogP contribution in [0.3, 0.4) is 0 Å². The van der Waals surface area contributed by atoms with Crippen molar-refractivity contribution in [1.82, 2.24) is 4.98 Å². The predicted molar refractivity (Wildman–Crippen MR) is 77.5 cm³/mol. The van der Waals surface area contributed by atoms with Crippen molar-refractivity contribution in [3.05, 3.63) is 45.9 Å². The molecule has 3 rings (SSSR count). The first-order valence-electron chi connectivity index (χ1n) is 6.53. The van der Waals surface area contributed by atoms with Crippen LogP contribution >= 0.6 is 11.3 Å². The van der Waals surface area contributed by atoms with Gasteiger partial charge in [-0.25, -0.2) is 4.98 Å². The van der Waals surface area contributed by atoms with E-state index in [4.69, 9.17) is 0 Å². The second-order valence-corrected chi connectivity index (χ2v) is 5.90. The maximum Gasteiger partial charge on any atom is 0.224 e. The van der Waals surface area contributed by atoms with E-state index >= 15 is 0 Å². The summed E-state index contributed by atoms with van der Waals surface area (Å²) >= 11 is 1.72. The third-order valence-electron chi connectivity index (χ3n) is 3.52. The van der Waals surface area contributed by atoms with Crippen LogP contribution in [-0.4, -0.2) is 10.9 Å². The summed E-state index contributed by atoms with van der Waals surface area (Å²) in [6, 6.07) is 8.19. The van der Waals surface area contributed by atoms with E-state index in [1.807, 2.05) is 29.3 Å². The number of anilines is 1. The Morgan fingerprint density at radius 1 is 1.47 bits per heavy atom. The number of rotatable bonds is 2. The molecular formula is C15H16N2OS. The fourth-order valence-electron chi connectivity index (χ4n) is 2.61. The molecular weight excluding hydrogens is 256 g/mol. The third-order valence-corrected chi connectivity index (χ3v) is 4.76. The monoisotopic (exact) mass is 272 g/mol. The van der Waals surface area contributed by atoms with E-state index in [1.165, 1.54) is 10.4 Å². The van der Waals surface area contributed by atoms with Crippen molar-refractivity contribution >= 4 is 22.9 Å². The highest BCUT2D eigenvalue weighted by atomic mass is 32.1. The smallest absolute Gasteiger partial charge is 0.224 e. The number of benzene rings is 1. The Kier molecular flexibility index (Phi) is 3.11. The minimum atomic E-state index is 0.0696. The van der Waals surface area contributed by atoms with Crippen molar-refractivity contribution in [2.24, 2.45) is 0 Å². The fourth-order valence-corrected chi connectivity index (χ4v) is 3.56. The van der Waals surface area contributed by atoms with Gasteiger partial charge in [-0.05, 0) is 18.1 Å². The number of thiazole rings is 1. The van der Waals surface area contributed by atoms with Gasteiger partial charge in [-0.2, -0.15) is 0 Å². The molecule has 1 aromatic carbocycles. The van der Waals surface area contributed by atoms with Gasteiger partial charge in [0.1, 0.15) is 5.01 Å². The molecule has 2 heterocycles. The molecule has 1 unspecified atom stereocenters. The standard InChI is InChI=1S/C15H16N2OS/c1-3-12-9-16-15(19-12)14-8-11-6-4-5-7-13(11)17(14)10(2)18/h4-7,9,14H,3,8H2,1-2H3. The number of fused-ring (bicyclic) bond motifs is 1. The normalized spacial score (nSPS) is 17.6. The van der Waals surface area contributed by atoms with E-state index < -0.39 is 0 Å². The SMILES string of the molecule is CCc1cnc(C2Cc3ccccc3N2C(C)=O)s1. The van der Waals surface area contributed by atoms with Gasteiger partial charge in [-0.3, -0.25) is 4.79 Å². The van der Waals surface area contributed by atoms with Crippen LogP contribution in [-0.2, 0) is 17.6 Å². The second-order valence-electron chi connectivity index (χ2n) is 4.76. The van der Waals surface area contributed by atoms with Crippen LogP contribution < -0.4 is 4.90 Å². The number of para-hydroxylation sites is 1. The number of carbonyl (C=O) groups is 1. The Morgan fingerprint density at radius 3 is 2.95 bits per heavy atom. The van der Waals surface area contributed by atoms with Crippen molar-refractivity contribution in [1.29, 1.82) is 0 Å². The van der Waals surface area contributed by atoms with Crippen LogP contribution in [0.15, 0.2) is 30.5 Å². The highest BCUT2D eigenvalue weighted by Gasteiger charge is 2.34. The maximum absolute atomic E-state index is 12.0. The van der Waals surface area contributed by atoms with Gasteiger partial charge in [-0.15, -0.1) is 11.3 Å². The van der Waals surface area contributed by atoms with E-state index in [0.717, 1.165) is 23.5 Å². The first-order chi connectivity index (χ1) is 9.20. The molecule has 0 spiro atoms. The van der Waals surface area contributed by atoms with Gasteiger partial charge < -0.3 is 4.90 Å². The molecule has 0 saturated heterocycles. The van der Waals surface area contributed by atoms with Gasteiger partial charge >= 0.3 is 0 Å². The van der Waals surface area contributed by atoms with Gasteiger partial charge in [-0.1, -0.05) is 25.1 Å². The summed E-state index contributed by atoms with van der Waals surface area (Å²) in [5.41, 5.74) is 2.27. The van der Waals surface area contributed by atoms with Gasteiger partial charge in [0.05, 0.1) is 6.04 Å². The van der Waals surface area contributed by atoms with Crippen LogP contribution in [0, 0.1) is 0 Å². The highest BCUT2D eigenvalue weighted by Crippen LogP contribution is 2.41. The summed E-state index contributed by atoms with van der Waals surface area (Å²) < 4.78 is 0. The van der Waals surface area contributed by atoms with Crippen molar-refractivity contribution < 1.29 is 4.79 Å². The Labute approximate surface area is 116 Å². The molecule has 2 aromatic rings. The van der Waals surface area contributed by atoms with Gasteiger partial charge in [0.2, 0.25) is 5.91 Å². The Morgan fingerprint density at radius 2 is 2.26 bits per heavy atom. The van der Waals surface area contributed by atoms with Crippen LogP contribution in [0.1, 0.15) is 35.3 Å². The highest BCUT2D eigenvalue weighted by molar-refractivity contribution is 7.11. The minimum absolute atomic E-state index is 0.0696. The predicted octanol–water partition coefficient (Wildman–Crippen LogP) is 3.36. The van der Waals surface area contributed by atoms with E-state index in [9.17, 15) is 4.79 Å². The molecule has 98 valence electrons. The Balaban J connectivity index is 2.01. The lowest BCUT2D eigenvalue weighted by molar-refractivity contribution is -0.116. The van der Waals surface area contributed by atoms with Crippen LogP contribution in [0.4, 0.5) is 5.69 Å². The van der Waals surface area contributed by atoms with E-state index in [-0.39, 0.29) is 11.9 Å². The molecule has 0 radical (unpaired) electrons. The molecule has 3 nitrogen and oxygen atoms in total. The zero-order chi connectivity index (χ0) is 13.4. The number of nitrogens with zero attached hydrogens (tertiary/aromatic N) is 2. The van der Waals surface area contributed by atoms with Crippen molar-refractivity contribution in [2.45, 2.75) is 32.7 Å². The zero-order valence-electron chi connectivity index (χ0n) is 11.1. The molecule has 0 fully saturated rings. The summed E-state index contributed by atoms with van der Waals surface area (Å²) in [5.74, 6) is 0.0863. The van der Waals surface area contributed by atoms with Crippen LogP contribution in [0.25, 0.3) is 0 Å². The second kappa shape index (κ2) is 4.78. The molecule has 1 aliphatic heterocycles. The average molecular weight is 272 g/mol. The number of hydrogen-bond acceptors (Lipinski definition) is 3. The van der Waals surface area contributed by atoms with E-state index in [1.54, 1.807) is 18.3 Å². The summed E-state index contributed by atoms with van der Waals surface area (Å²) in [6.07, 6.45) is 3.80. The molecule has 1 aliphatic rings. The molecule has 0 bridgehead atoms. The van der Waals surface area contributed by atoms with Gasteiger partial charge in [0.25, 0.3) is 0 Å². The number of amides is 1. The largest absolute Gasteiger partial charge is 0.302 e. The number of aryl methyl sites for hydroxylation is 1. The molecule has 0 saturated carbocycles. The van der Waals surface area contributed by atoms with E-state index in [2.05, 4.69) is 18.0 Å². The van der Waals surface area contributed by atoms with Crippen molar-refractivity contribution in [3.8, 4) is 0 Å². The molecule has 19 heavy (non-hydrogen) atoms. The lowest BCUT2D eigenvalue weighted by atomic mass is 10.1. The van der Waals surface area contributed by atoms with Gasteiger partial charge in [0, 0.05) is 30.1 Å². The Bertz CT molecular complexity index is 620. The van der Waals surface area contributed by atoms with Crippen LogP contribution in [0.5, 0.6) is 0 Å². The summed E-state index contributed by atoms with van der Waals surface area (Å²) in [4.78, 5) is 19.6. The fraction of sp³-hybridized carbons (Fsp3) is 0.333. The van der Waals surface area contributed by atoms with Crippen LogP contribution in [0.2, 0.25) is 0 Å². The molecule has 1 aromatic heterocycles. The average Bonchev–Trinajstić information content (AvgIpc) is 3.02. The molecule has 1 atom stereocenters. The molecule has 0 N–H and O–H groups in total. The first-order valence-corrected chi connectivity index (χ1v) is 7.34. The zero-order valence-corrected chi connectivity index (χ0v) is 11.9. The number of carbonyl (C=O) groups excluding carboxylic acids is 1. The van der Waals surface area contributed by atoms with Crippen molar-refractivity contribution in [2.75, 3.05) is 4.90 Å².